The van der Waals surface area contributed by atoms with E-state index >= 15 is 0 Å². The Morgan fingerprint density at radius 2 is 2.50 bits per heavy atom. The molecule has 14 heavy (non-hydrogen) atoms. The summed E-state index contributed by atoms with van der Waals surface area (Å²) in [6, 6.07) is -0.532. The van der Waals surface area contributed by atoms with E-state index in [2.05, 4.69) is 4.74 Å². The van der Waals surface area contributed by atoms with Crippen LogP contribution in [0.3, 0.4) is 0 Å². The number of hydrogen-bond donors (Lipinski definition) is 1. The molecule has 1 heterocycles. The third-order valence-corrected chi connectivity index (χ3v) is 3.40. The Labute approximate surface area is 88.5 Å². The smallest absolute Gasteiger partial charge is 0.323 e. The van der Waals surface area contributed by atoms with Crippen molar-refractivity contribution in [2.75, 3.05) is 19.5 Å². The minimum absolute atomic E-state index is 0.208. The van der Waals surface area contributed by atoms with Crippen LogP contribution in [0.4, 0.5) is 0 Å². The second kappa shape index (κ2) is 6.27. The van der Waals surface area contributed by atoms with Crippen LogP contribution in [0.2, 0.25) is 0 Å². The second-order valence-corrected chi connectivity index (χ2v) is 4.45. The molecule has 4 nitrogen and oxygen atoms in total. The van der Waals surface area contributed by atoms with E-state index in [1.54, 1.807) is 11.8 Å². The first-order valence-corrected chi connectivity index (χ1v) is 5.85. The van der Waals surface area contributed by atoms with Gasteiger partial charge in [0.15, 0.2) is 0 Å². The lowest BCUT2D eigenvalue weighted by Gasteiger charge is -2.22. The van der Waals surface area contributed by atoms with Crippen LogP contribution in [0.1, 0.15) is 19.3 Å². The van der Waals surface area contributed by atoms with E-state index in [0.717, 1.165) is 19.4 Å². The Balaban J connectivity index is 2.15. The first kappa shape index (κ1) is 11.8. The van der Waals surface area contributed by atoms with Gasteiger partial charge in [-0.3, -0.25) is 4.79 Å². The quantitative estimate of drug-likeness (QED) is 0.707. The third kappa shape index (κ3) is 3.86. The topological polar surface area (TPSA) is 61.5 Å². The molecule has 5 heteroatoms. The number of methoxy groups -OCH3 is 1. The summed E-state index contributed by atoms with van der Waals surface area (Å²) in [5.41, 5.74) is 5.80. The Hall–Kier alpha value is -0.260. The van der Waals surface area contributed by atoms with E-state index < -0.39 is 6.04 Å². The van der Waals surface area contributed by atoms with Crippen LogP contribution in [0.25, 0.3) is 0 Å². The molecule has 1 aliphatic heterocycles. The zero-order valence-electron chi connectivity index (χ0n) is 8.40. The van der Waals surface area contributed by atoms with Crippen LogP contribution in [0.15, 0.2) is 0 Å². The van der Waals surface area contributed by atoms with Crippen molar-refractivity contribution < 1.29 is 14.3 Å². The molecule has 0 aromatic heterocycles. The van der Waals surface area contributed by atoms with Crippen LogP contribution >= 0.6 is 11.8 Å². The van der Waals surface area contributed by atoms with Crippen LogP contribution in [0.5, 0.6) is 0 Å². The van der Waals surface area contributed by atoms with Crippen molar-refractivity contribution >= 4 is 17.7 Å². The standard InChI is InChI=1S/C9H17NO3S/c1-12-9(11)7(10)6-14-8-4-2-3-5-13-8/h7-8H,2-6,10H2,1H3/t7-,8+/m1/s1. The van der Waals surface area contributed by atoms with E-state index in [1.807, 2.05) is 0 Å². The molecule has 1 saturated heterocycles. The Kier molecular flexibility index (Phi) is 5.29. The summed E-state index contributed by atoms with van der Waals surface area (Å²) in [5.74, 6) is 0.213. The SMILES string of the molecule is COC(=O)[C@H](N)CS[C@H]1CCCCO1. The number of thioether (sulfide) groups is 1. The van der Waals surface area contributed by atoms with Crippen molar-refractivity contribution in [3.63, 3.8) is 0 Å². The van der Waals surface area contributed by atoms with E-state index in [0.29, 0.717) is 5.75 Å². The maximum absolute atomic E-state index is 11.0. The fraction of sp³-hybridized carbons (Fsp3) is 0.889. The van der Waals surface area contributed by atoms with Crippen molar-refractivity contribution in [3.8, 4) is 0 Å². The average molecular weight is 219 g/mol. The van der Waals surface area contributed by atoms with Gasteiger partial charge >= 0.3 is 5.97 Å². The molecule has 1 fully saturated rings. The summed E-state index contributed by atoms with van der Waals surface area (Å²) in [6.45, 7) is 0.825. The highest BCUT2D eigenvalue weighted by molar-refractivity contribution is 7.99. The number of nitrogens with two attached hydrogens (primary N) is 1. The van der Waals surface area contributed by atoms with Crippen molar-refractivity contribution in [1.82, 2.24) is 0 Å². The maximum atomic E-state index is 11.0. The molecule has 0 aromatic rings. The van der Waals surface area contributed by atoms with Crippen LogP contribution in [0, 0.1) is 0 Å². The zero-order valence-corrected chi connectivity index (χ0v) is 9.22. The Morgan fingerprint density at radius 1 is 1.71 bits per heavy atom. The maximum Gasteiger partial charge on any atom is 0.323 e. The summed E-state index contributed by atoms with van der Waals surface area (Å²) < 4.78 is 10.0. The van der Waals surface area contributed by atoms with Crippen LogP contribution < -0.4 is 5.73 Å². The highest BCUT2D eigenvalue weighted by atomic mass is 32.2. The minimum Gasteiger partial charge on any atom is -0.468 e. The molecule has 1 aliphatic rings. The molecule has 0 spiro atoms. The van der Waals surface area contributed by atoms with Gasteiger partial charge < -0.3 is 15.2 Å². The molecule has 0 bridgehead atoms. The highest BCUT2D eigenvalue weighted by Crippen LogP contribution is 2.23. The number of ether oxygens (including phenoxy) is 2. The van der Waals surface area contributed by atoms with Gasteiger partial charge in [-0.25, -0.2) is 0 Å². The second-order valence-electron chi connectivity index (χ2n) is 3.26. The van der Waals surface area contributed by atoms with E-state index in [-0.39, 0.29) is 11.4 Å². The molecular formula is C9H17NO3S. The normalized spacial score (nSPS) is 24.3. The van der Waals surface area contributed by atoms with Crippen LogP contribution in [-0.4, -0.2) is 36.9 Å². The van der Waals surface area contributed by atoms with Gasteiger partial charge in [-0.1, -0.05) is 0 Å². The van der Waals surface area contributed by atoms with Gasteiger partial charge in [-0.15, -0.1) is 11.8 Å². The molecule has 2 N–H and O–H groups in total. The van der Waals surface area contributed by atoms with Gasteiger partial charge in [-0.2, -0.15) is 0 Å². The highest BCUT2D eigenvalue weighted by Gasteiger charge is 2.19. The van der Waals surface area contributed by atoms with Crippen LogP contribution in [-0.2, 0) is 14.3 Å². The van der Waals surface area contributed by atoms with E-state index in [1.165, 1.54) is 13.5 Å². The summed E-state index contributed by atoms with van der Waals surface area (Å²) in [5, 5.41) is 0. The Bertz CT molecular complexity index is 183. The van der Waals surface area contributed by atoms with Gasteiger partial charge in [0.25, 0.3) is 0 Å². The van der Waals surface area contributed by atoms with Gasteiger partial charge in [0, 0.05) is 12.4 Å². The molecule has 0 aromatic carbocycles. The molecular weight excluding hydrogens is 202 g/mol. The number of esters is 1. The third-order valence-electron chi connectivity index (χ3n) is 2.10. The average Bonchev–Trinajstić information content (AvgIpc) is 2.26. The van der Waals surface area contributed by atoms with Gasteiger partial charge in [0.1, 0.15) is 11.5 Å². The predicted octanol–water partition coefficient (Wildman–Crippen LogP) is 0.746. The van der Waals surface area contributed by atoms with Crippen molar-refractivity contribution in [1.29, 1.82) is 0 Å². The van der Waals surface area contributed by atoms with E-state index in [4.69, 9.17) is 10.5 Å². The number of carbonyl (C=O) groups is 1. The fourth-order valence-corrected chi connectivity index (χ4v) is 2.36. The number of carbonyl (C=O) groups excluding carboxylic acids is 1. The van der Waals surface area contributed by atoms with Crippen molar-refractivity contribution in [2.45, 2.75) is 30.7 Å². The lowest BCUT2D eigenvalue weighted by atomic mass is 10.2. The molecule has 0 aliphatic carbocycles. The first-order valence-electron chi connectivity index (χ1n) is 4.80. The zero-order chi connectivity index (χ0) is 10.4. The van der Waals surface area contributed by atoms with E-state index in [9.17, 15) is 4.79 Å². The lowest BCUT2D eigenvalue weighted by molar-refractivity contribution is -0.141. The van der Waals surface area contributed by atoms with Gasteiger partial charge in [0.05, 0.1) is 7.11 Å². The molecule has 1 rings (SSSR count). The molecule has 2 atom stereocenters. The van der Waals surface area contributed by atoms with Crippen molar-refractivity contribution in [2.24, 2.45) is 5.73 Å². The molecule has 0 amide bonds. The Morgan fingerprint density at radius 3 is 3.07 bits per heavy atom. The van der Waals surface area contributed by atoms with Crippen molar-refractivity contribution in [3.05, 3.63) is 0 Å². The molecule has 0 radical (unpaired) electrons. The number of hydrogen-bond acceptors (Lipinski definition) is 5. The number of rotatable bonds is 4. The summed E-state index contributed by atoms with van der Waals surface area (Å²) >= 11 is 1.60. The monoisotopic (exact) mass is 219 g/mol. The first-order chi connectivity index (χ1) is 6.74. The summed E-state index contributed by atoms with van der Waals surface area (Å²) in [4.78, 5) is 11.0. The molecule has 0 saturated carbocycles. The predicted molar refractivity (Wildman–Crippen MR) is 56.0 cm³/mol. The summed E-state index contributed by atoms with van der Waals surface area (Å²) in [6.07, 6.45) is 3.39. The van der Waals surface area contributed by atoms with Gasteiger partial charge in [-0.05, 0) is 19.3 Å². The lowest BCUT2D eigenvalue weighted by Crippen LogP contribution is -2.35. The fourth-order valence-electron chi connectivity index (χ4n) is 1.27. The molecule has 82 valence electrons. The minimum atomic E-state index is -0.532. The van der Waals surface area contributed by atoms with Gasteiger partial charge in [0.2, 0.25) is 0 Å². The largest absolute Gasteiger partial charge is 0.468 e. The molecule has 0 unspecified atom stereocenters. The summed E-state index contributed by atoms with van der Waals surface area (Å²) in [7, 11) is 1.35.